The van der Waals surface area contributed by atoms with Crippen LogP contribution in [-0.4, -0.2) is 46.0 Å². The number of benzene rings is 1. The Morgan fingerprint density at radius 2 is 1.94 bits per heavy atom. The van der Waals surface area contributed by atoms with Gasteiger partial charge in [0.2, 0.25) is 0 Å². The summed E-state index contributed by atoms with van der Waals surface area (Å²) in [4.78, 5) is 24.5. The Hall–Kier alpha value is -4.05. The third-order valence-electron chi connectivity index (χ3n) is 4.31. The number of fused-ring (bicyclic) bond motifs is 1. The molecule has 0 saturated carbocycles. The lowest BCUT2D eigenvalue weighted by atomic mass is 10.1. The van der Waals surface area contributed by atoms with Gasteiger partial charge in [0.15, 0.2) is 11.5 Å². The summed E-state index contributed by atoms with van der Waals surface area (Å²) in [5, 5.41) is 18.0. The molecule has 1 aromatic carbocycles. The number of carbonyl (C=O) groups is 2. The number of hydrogen-bond acceptors (Lipinski definition) is 9. The quantitative estimate of drug-likeness (QED) is 0.363. The lowest BCUT2D eigenvalue weighted by molar-refractivity contribution is -0.138. The van der Waals surface area contributed by atoms with Crippen LogP contribution in [0.25, 0.3) is 27.6 Å². The van der Waals surface area contributed by atoms with E-state index in [2.05, 4.69) is 25.3 Å². The first-order valence-electron chi connectivity index (χ1n) is 9.11. The second kappa shape index (κ2) is 8.76. The van der Waals surface area contributed by atoms with Crippen LogP contribution in [-0.2, 0) is 19.1 Å². The summed E-state index contributed by atoms with van der Waals surface area (Å²) < 4.78 is 11.0. The number of esters is 2. The van der Waals surface area contributed by atoms with E-state index >= 15 is 0 Å². The van der Waals surface area contributed by atoms with Crippen molar-refractivity contribution in [3.63, 3.8) is 0 Å². The average molecular weight is 435 g/mol. The van der Waals surface area contributed by atoms with Gasteiger partial charge >= 0.3 is 11.9 Å². The number of methoxy groups -OCH3 is 2. The van der Waals surface area contributed by atoms with Crippen molar-refractivity contribution in [3.05, 3.63) is 65.7 Å². The number of anilines is 1. The second-order valence-corrected chi connectivity index (χ2v) is 7.22. The van der Waals surface area contributed by atoms with Gasteiger partial charge in [-0.2, -0.15) is 9.61 Å². The summed E-state index contributed by atoms with van der Waals surface area (Å²) in [6.45, 7) is 0. The van der Waals surface area contributed by atoms with E-state index in [1.807, 2.05) is 41.8 Å². The molecule has 10 heteroatoms. The zero-order valence-electron chi connectivity index (χ0n) is 16.6. The highest BCUT2D eigenvalue weighted by molar-refractivity contribution is 7.13. The van der Waals surface area contributed by atoms with Crippen molar-refractivity contribution in [1.29, 1.82) is 0 Å². The zero-order chi connectivity index (χ0) is 21.8. The lowest BCUT2D eigenvalue weighted by Crippen LogP contribution is -2.15. The Morgan fingerprint density at radius 1 is 1.06 bits per heavy atom. The van der Waals surface area contributed by atoms with Gasteiger partial charge in [-0.15, -0.1) is 21.5 Å². The van der Waals surface area contributed by atoms with Crippen molar-refractivity contribution >= 4 is 34.6 Å². The number of ether oxygens (including phenoxy) is 2. The van der Waals surface area contributed by atoms with Crippen molar-refractivity contribution in [2.75, 3.05) is 19.5 Å². The van der Waals surface area contributed by atoms with Gasteiger partial charge in [0.05, 0.1) is 30.9 Å². The third kappa shape index (κ3) is 4.28. The molecule has 3 aromatic heterocycles. The fourth-order valence-electron chi connectivity index (χ4n) is 2.85. The molecule has 4 rings (SSSR count). The Morgan fingerprint density at radius 3 is 2.68 bits per heavy atom. The van der Waals surface area contributed by atoms with Gasteiger partial charge < -0.3 is 14.8 Å². The molecule has 31 heavy (non-hydrogen) atoms. The van der Waals surface area contributed by atoms with Gasteiger partial charge in [0, 0.05) is 11.3 Å². The topological polar surface area (TPSA) is 108 Å². The maximum absolute atomic E-state index is 12.0. The first-order valence-corrected chi connectivity index (χ1v) is 9.99. The Kier molecular flexibility index (Phi) is 5.72. The third-order valence-corrected chi connectivity index (χ3v) is 5.18. The molecule has 3 heterocycles. The first-order chi connectivity index (χ1) is 15.1. The normalized spacial score (nSPS) is 11.4. The van der Waals surface area contributed by atoms with E-state index in [0.717, 1.165) is 16.5 Å². The van der Waals surface area contributed by atoms with Gasteiger partial charge in [-0.3, -0.25) is 0 Å². The fourth-order valence-corrected chi connectivity index (χ4v) is 3.54. The summed E-state index contributed by atoms with van der Waals surface area (Å²) >= 11 is 1.56. The highest BCUT2D eigenvalue weighted by Crippen LogP contribution is 2.26. The second-order valence-electron chi connectivity index (χ2n) is 6.27. The molecule has 0 aliphatic heterocycles. The van der Waals surface area contributed by atoms with Crippen LogP contribution in [0, 0.1) is 0 Å². The number of rotatable bonds is 6. The number of hydrogen-bond donors (Lipinski definition) is 1. The summed E-state index contributed by atoms with van der Waals surface area (Å²) in [6, 6.07) is 14.8. The molecular weight excluding hydrogens is 418 g/mol. The minimum Gasteiger partial charge on any atom is -0.466 e. The molecule has 0 unspecified atom stereocenters. The summed E-state index contributed by atoms with van der Waals surface area (Å²) in [5.74, 6) is -0.708. The van der Waals surface area contributed by atoms with Gasteiger partial charge in [-0.25, -0.2) is 9.59 Å². The number of nitrogens with zero attached hydrogens (tertiary/aromatic N) is 4. The molecule has 0 aliphatic rings. The molecule has 0 saturated heterocycles. The van der Waals surface area contributed by atoms with Crippen LogP contribution < -0.4 is 5.32 Å². The molecule has 0 aliphatic carbocycles. The molecule has 4 aromatic rings. The Labute approximate surface area is 181 Å². The van der Waals surface area contributed by atoms with Crippen molar-refractivity contribution in [2.24, 2.45) is 0 Å². The molecular formula is C21H17N5O4S. The van der Waals surface area contributed by atoms with Gasteiger partial charge in [0.25, 0.3) is 0 Å². The zero-order valence-corrected chi connectivity index (χ0v) is 17.4. The van der Waals surface area contributed by atoms with Crippen LogP contribution in [0.1, 0.15) is 0 Å². The minimum absolute atomic E-state index is 0.0475. The van der Waals surface area contributed by atoms with E-state index in [9.17, 15) is 9.59 Å². The largest absolute Gasteiger partial charge is 0.466 e. The van der Waals surface area contributed by atoms with Gasteiger partial charge in [-0.05, 0) is 35.7 Å². The van der Waals surface area contributed by atoms with Crippen molar-refractivity contribution in [1.82, 2.24) is 19.8 Å². The predicted molar refractivity (Wildman–Crippen MR) is 115 cm³/mol. The molecule has 0 fully saturated rings. The Balaban J connectivity index is 1.69. The monoisotopic (exact) mass is 435 g/mol. The standard InChI is InChI=1S/C21H17N5O4S/c1-29-19(27)12-16(21(28)30-2)22-14-6-3-5-13(11-14)15-8-9-18-23-24-20(26(18)25-15)17-7-4-10-31-17/h3-12,22H,1-2H3/b16-12+. The van der Waals surface area contributed by atoms with E-state index in [-0.39, 0.29) is 5.70 Å². The summed E-state index contributed by atoms with van der Waals surface area (Å²) in [5.41, 5.74) is 2.64. The smallest absolute Gasteiger partial charge is 0.354 e. The first kappa shape index (κ1) is 20.2. The number of nitrogens with one attached hydrogen (secondary N) is 1. The number of thiophene rings is 1. The molecule has 156 valence electrons. The van der Waals surface area contributed by atoms with Crippen LogP contribution >= 0.6 is 11.3 Å². The van der Waals surface area contributed by atoms with Crippen LogP contribution in [0.5, 0.6) is 0 Å². The highest BCUT2D eigenvalue weighted by Gasteiger charge is 2.14. The predicted octanol–water partition coefficient (Wildman–Crippen LogP) is 3.16. The van der Waals surface area contributed by atoms with E-state index in [0.29, 0.717) is 22.9 Å². The molecule has 1 N–H and O–H groups in total. The molecule has 0 spiro atoms. The fraction of sp³-hybridized carbons (Fsp3) is 0.0952. The van der Waals surface area contributed by atoms with Gasteiger partial charge in [-0.1, -0.05) is 18.2 Å². The van der Waals surface area contributed by atoms with E-state index in [4.69, 9.17) is 4.74 Å². The van der Waals surface area contributed by atoms with Crippen LogP contribution in [0.15, 0.2) is 65.7 Å². The average Bonchev–Trinajstić information content (AvgIpc) is 3.47. The number of carbonyl (C=O) groups excluding carboxylic acids is 2. The minimum atomic E-state index is -0.694. The van der Waals surface area contributed by atoms with Crippen molar-refractivity contribution < 1.29 is 19.1 Å². The number of aromatic nitrogens is 4. The highest BCUT2D eigenvalue weighted by atomic mass is 32.1. The molecule has 9 nitrogen and oxygen atoms in total. The van der Waals surface area contributed by atoms with E-state index in [1.165, 1.54) is 14.2 Å². The van der Waals surface area contributed by atoms with E-state index < -0.39 is 11.9 Å². The van der Waals surface area contributed by atoms with Gasteiger partial charge in [0.1, 0.15) is 5.70 Å². The summed E-state index contributed by atoms with van der Waals surface area (Å²) in [6.07, 6.45) is 1.03. The van der Waals surface area contributed by atoms with Crippen LogP contribution in [0.4, 0.5) is 5.69 Å². The van der Waals surface area contributed by atoms with Crippen LogP contribution in [0.2, 0.25) is 0 Å². The van der Waals surface area contributed by atoms with Crippen molar-refractivity contribution in [2.45, 2.75) is 0 Å². The van der Waals surface area contributed by atoms with Crippen LogP contribution in [0.3, 0.4) is 0 Å². The maximum Gasteiger partial charge on any atom is 0.354 e. The summed E-state index contributed by atoms with van der Waals surface area (Å²) in [7, 11) is 2.46. The molecule has 0 bridgehead atoms. The SMILES string of the molecule is COC(=O)/C=C(/Nc1cccc(-c2ccc3nnc(-c4cccs4)n3n2)c1)C(=O)OC. The lowest BCUT2D eigenvalue weighted by Gasteiger charge is -2.10. The van der Waals surface area contributed by atoms with Crippen molar-refractivity contribution in [3.8, 4) is 22.0 Å². The maximum atomic E-state index is 12.0. The molecule has 0 amide bonds. The van der Waals surface area contributed by atoms with E-state index in [1.54, 1.807) is 28.0 Å². The molecule has 0 radical (unpaired) electrons. The molecule has 0 atom stereocenters. The Bertz CT molecular complexity index is 1280.